The molecule has 1 aliphatic heterocycles. The molecule has 0 spiro atoms. The average Bonchev–Trinajstić information content (AvgIpc) is 3.21. The fourth-order valence-corrected chi connectivity index (χ4v) is 4.13. The number of halogens is 4. The lowest BCUT2D eigenvalue weighted by atomic mass is 9.91. The number of ether oxygens (including phenoxy) is 1. The van der Waals surface area contributed by atoms with Crippen molar-refractivity contribution in [1.82, 2.24) is 14.1 Å². The van der Waals surface area contributed by atoms with Crippen molar-refractivity contribution in [2.75, 3.05) is 6.61 Å². The van der Waals surface area contributed by atoms with Crippen molar-refractivity contribution in [2.24, 2.45) is 5.92 Å². The third-order valence-corrected chi connectivity index (χ3v) is 6.21. The zero-order valence-electron chi connectivity index (χ0n) is 19.0. The number of hydrogen-bond donors (Lipinski definition) is 1. The predicted molar refractivity (Wildman–Crippen MR) is 117 cm³/mol. The van der Waals surface area contributed by atoms with Gasteiger partial charge in [-0.1, -0.05) is 0 Å². The highest BCUT2D eigenvalue weighted by Crippen LogP contribution is 2.42. The lowest BCUT2D eigenvalue weighted by Crippen LogP contribution is -2.39. The summed E-state index contributed by atoms with van der Waals surface area (Å²) in [6.07, 6.45) is -1.32. The smallest absolute Gasteiger partial charge is 0.421 e. The number of aliphatic hydroxyl groups is 1. The summed E-state index contributed by atoms with van der Waals surface area (Å²) in [7, 11) is 0. The minimum Gasteiger partial charge on any atom is -0.493 e. The van der Waals surface area contributed by atoms with E-state index in [-0.39, 0.29) is 42.4 Å². The number of alkyl halides is 3. The van der Waals surface area contributed by atoms with E-state index < -0.39 is 29.1 Å². The number of ketones is 1. The Bertz CT molecular complexity index is 1330. The molecule has 3 aromatic rings. The first kappa shape index (κ1) is 24.6. The standard InChI is InChI=1S/C24H23F4N3O4/c1-14-12-30(13-29-14)19-5-4-18-21(32)15(7-9-31(18)22(19)33)8-10-35-20-6-3-16(25)11-17(20)23(2,34)24(26,27)28/h3-6,11-13,15,34H,7-10H2,1-2H3. The Balaban J connectivity index is 1.49. The molecule has 4 rings (SSSR count). The molecule has 11 heteroatoms. The summed E-state index contributed by atoms with van der Waals surface area (Å²) in [5.41, 5.74) is -3.05. The van der Waals surface area contributed by atoms with Gasteiger partial charge in [-0.3, -0.25) is 9.59 Å². The molecule has 0 amide bonds. The van der Waals surface area contributed by atoms with E-state index >= 15 is 0 Å². The number of Topliss-reactive ketones (excluding diaryl/α,β-unsaturated/α-hetero) is 1. The van der Waals surface area contributed by atoms with Crippen LogP contribution in [0.15, 0.2) is 47.7 Å². The first-order valence-corrected chi connectivity index (χ1v) is 10.9. The van der Waals surface area contributed by atoms with Crippen LogP contribution in [-0.2, 0) is 12.1 Å². The zero-order valence-corrected chi connectivity index (χ0v) is 19.0. The van der Waals surface area contributed by atoms with Crippen LogP contribution in [0.5, 0.6) is 5.75 Å². The molecule has 186 valence electrons. The summed E-state index contributed by atoms with van der Waals surface area (Å²) in [5, 5.41) is 10.00. The van der Waals surface area contributed by atoms with Gasteiger partial charge in [0.25, 0.3) is 5.56 Å². The molecule has 0 saturated carbocycles. The second kappa shape index (κ2) is 8.95. The first-order chi connectivity index (χ1) is 16.4. The number of fused-ring (bicyclic) bond motifs is 1. The van der Waals surface area contributed by atoms with Crippen molar-refractivity contribution >= 4 is 5.78 Å². The molecule has 0 fully saturated rings. The Kier molecular flexibility index (Phi) is 6.31. The number of benzene rings is 1. The fraction of sp³-hybridized carbons (Fsp3) is 0.375. The molecule has 0 radical (unpaired) electrons. The van der Waals surface area contributed by atoms with Gasteiger partial charge in [0.1, 0.15) is 17.3 Å². The molecule has 3 heterocycles. The van der Waals surface area contributed by atoms with Crippen LogP contribution in [0, 0.1) is 18.7 Å². The van der Waals surface area contributed by atoms with Crippen molar-refractivity contribution in [3.63, 3.8) is 0 Å². The Hall–Kier alpha value is -3.47. The van der Waals surface area contributed by atoms with E-state index in [0.717, 1.165) is 17.8 Å². The molecule has 1 aromatic carbocycles. The van der Waals surface area contributed by atoms with E-state index in [2.05, 4.69) is 4.98 Å². The van der Waals surface area contributed by atoms with Crippen LogP contribution in [0.25, 0.3) is 5.69 Å². The molecular formula is C24H23F4N3O4. The van der Waals surface area contributed by atoms with Crippen LogP contribution in [0.4, 0.5) is 17.6 Å². The van der Waals surface area contributed by atoms with Crippen LogP contribution in [0.1, 0.15) is 41.5 Å². The number of carbonyl (C=O) groups is 1. The molecule has 1 N–H and O–H groups in total. The molecular weight excluding hydrogens is 470 g/mol. The maximum absolute atomic E-state index is 13.6. The van der Waals surface area contributed by atoms with Crippen LogP contribution in [-0.4, -0.2) is 37.8 Å². The zero-order chi connectivity index (χ0) is 25.5. The van der Waals surface area contributed by atoms with Gasteiger partial charge in [-0.05, 0) is 57.0 Å². The Morgan fingerprint density at radius 3 is 2.60 bits per heavy atom. The molecule has 2 aromatic heterocycles. The first-order valence-electron chi connectivity index (χ1n) is 10.9. The van der Waals surface area contributed by atoms with E-state index in [0.29, 0.717) is 25.1 Å². The molecule has 7 nitrogen and oxygen atoms in total. The van der Waals surface area contributed by atoms with Crippen molar-refractivity contribution in [2.45, 2.75) is 45.0 Å². The molecule has 35 heavy (non-hydrogen) atoms. The Morgan fingerprint density at radius 1 is 1.20 bits per heavy atom. The van der Waals surface area contributed by atoms with Crippen molar-refractivity contribution in [3.8, 4) is 11.4 Å². The lowest BCUT2D eigenvalue weighted by molar-refractivity contribution is -0.259. The van der Waals surface area contributed by atoms with Crippen LogP contribution < -0.4 is 10.3 Å². The van der Waals surface area contributed by atoms with Crippen molar-refractivity contribution in [1.29, 1.82) is 0 Å². The SMILES string of the molecule is Cc1cn(-c2ccc3n(c2=O)CCC(CCOc2ccc(F)cc2C(C)(O)C(F)(F)F)C3=O)cn1. The maximum atomic E-state index is 13.6. The average molecular weight is 493 g/mol. The summed E-state index contributed by atoms with van der Waals surface area (Å²) < 4.78 is 62.0. The van der Waals surface area contributed by atoms with E-state index in [1.807, 2.05) is 0 Å². The van der Waals surface area contributed by atoms with Crippen molar-refractivity contribution in [3.05, 3.63) is 76.0 Å². The van der Waals surface area contributed by atoms with Crippen LogP contribution >= 0.6 is 0 Å². The van der Waals surface area contributed by atoms with E-state index in [9.17, 15) is 32.3 Å². The van der Waals surface area contributed by atoms with Crippen LogP contribution in [0.3, 0.4) is 0 Å². The Labute approximate surface area is 197 Å². The van der Waals surface area contributed by atoms with E-state index in [4.69, 9.17) is 4.74 Å². The summed E-state index contributed by atoms with van der Waals surface area (Å²) in [4.78, 5) is 30.0. The molecule has 2 atom stereocenters. The maximum Gasteiger partial charge on any atom is 0.421 e. The second-order valence-corrected chi connectivity index (χ2v) is 8.68. The summed E-state index contributed by atoms with van der Waals surface area (Å²) in [6, 6.07) is 5.65. The topological polar surface area (TPSA) is 86.4 Å². The number of aryl methyl sites for hydroxylation is 1. The third-order valence-electron chi connectivity index (χ3n) is 6.21. The number of imidazole rings is 1. The molecule has 0 bridgehead atoms. The number of carbonyl (C=O) groups excluding carboxylic acids is 1. The third kappa shape index (κ3) is 4.60. The van der Waals surface area contributed by atoms with E-state index in [1.54, 1.807) is 29.8 Å². The van der Waals surface area contributed by atoms with E-state index in [1.165, 1.54) is 10.9 Å². The molecule has 0 saturated heterocycles. The monoisotopic (exact) mass is 493 g/mol. The molecule has 0 aliphatic carbocycles. The highest BCUT2D eigenvalue weighted by atomic mass is 19.4. The van der Waals surface area contributed by atoms with Crippen LogP contribution in [0.2, 0.25) is 0 Å². The largest absolute Gasteiger partial charge is 0.493 e. The highest BCUT2D eigenvalue weighted by molar-refractivity contribution is 5.97. The number of aromatic nitrogens is 3. The van der Waals surface area contributed by atoms with Gasteiger partial charge in [0, 0.05) is 24.2 Å². The van der Waals surface area contributed by atoms with Gasteiger partial charge >= 0.3 is 6.18 Å². The van der Waals surface area contributed by atoms with Gasteiger partial charge in [0.15, 0.2) is 11.4 Å². The lowest BCUT2D eigenvalue weighted by Gasteiger charge is -2.29. The summed E-state index contributed by atoms with van der Waals surface area (Å²) in [6.45, 7) is 2.46. The molecule has 2 unspecified atom stereocenters. The number of nitrogens with zero attached hydrogens (tertiary/aromatic N) is 3. The Morgan fingerprint density at radius 2 is 1.94 bits per heavy atom. The quantitative estimate of drug-likeness (QED) is 0.526. The molecule has 1 aliphatic rings. The number of hydrogen-bond acceptors (Lipinski definition) is 5. The van der Waals surface area contributed by atoms with Gasteiger partial charge in [0.05, 0.1) is 24.3 Å². The minimum absolute atomic E-state index is 0.139. The second-order valence-electron chi connectivity index (χ2n) is 8.68. The fourth-order valence-electron chi connectivity index (χ4n) is 4.13. The van der Waals surface area contributed by atoms with Gasteiger partial charge in [-0.25, -0.2) is 9.37 Å². The minimum atomic E-state index is -5.05. The highest BCUT2D eigenvalue weighted by Gasteiger charge is 2.52. The van der Waals surface area contributed by atoms with Gasteiger partial charge in [-0.2, -0.15) is 13.2 Å². The summed E-state index contributed by atoms with van der Waals surface area (Å²) in [5.74, 6) is -2.06. The predicted octanol–water partition coefficient (Wildman–Crippen LogP) is 3.92. The van der Waals surface area contributed by atoms with Crippen molar-refractivity contribution < 1.29 is 32.2 Å². The van der Waals surface area contributed by atoms with Gasteiger partial charge in [0.2, 0.25) is 0 Å². The summed E-state index contributed by atoms with van der Waals surface area (Å²) >= 11 is 0. The number of rotatable bonds is 6. The van der Waals surface area contributed by atoms with Gasteiger partial charge < -0.3 is 19.0 Å². The normalized spacial score (nSPS) is 17.7. The number of pyridine rings is 1. The van der Waals surface area contributed by atoms with Gasteiger partial charge in [-0.15, -0.1) is 0 Å².